The van der Waals surface area contributed by atoms with Crippen LogP contribution in [0.3, 0.4) is 0 Å². The van der Waals surface area contributed by atoms with Crippen LogP contribution in [0.15, 0.2) is 10.7 Å². The van der Waals surface area contributed by atoms with E-state index in [-0.39, 0.29) is 0 Å². The molecular formula is C8H11BrIN3. The number of aromatic nitrogens is 2. The molecule has 0 amide bonds. The highest BCUT2D eigenvalue weighted by Crippen LogP contribution is 2.24. The van der Waals surface area contributed by atoms with Crippen LogP contribution in [0.1, 0.15) is 6.42 Å². The third-order valence-corrected chi connectivity index (χ3v) is 3.65. The Balaban J connectivity index is 2.33. The van der Waals surface area contributed by atoms with Crippen LogP contribution in [0.25, 0.3) is 0 Å². The first kappa shape index (κ1) is 9.76. The molecule has 0 N–H and O–H groups in total. The van der Waals surface area contributed by atoms with Crippen LogP contribution in [0, 0.1) is 0 Å². The van der Waals surface area contributed by atoms with Crippen molar-refractivity contribution in [1.82, 2.24) is 9.78 Å². The van der Waals surface area contributed by atoms with Crippen molar-refractivity contribution in [3.63, 3.8) is 0 Å². The second-order valence-electron chi connectivity index (χ2n) is 3.31. The van der Waals surface area contributed by atoms with Gasteiger partial charge in [0.25, 0.3) is 0 Å². The highest BCUT2D eigenvalue weighted by molar-refractivity contribution is 14.1. The molecule has 1 aromatic rings. The molecule has 13 heavy (non-hydrogen) atoms. The van der Waals surface area contributed by atoms with Gasteiger partial charge in [-0.3, -0.25) is 0 Å². The molecule has 1 aliphatic heterocycles. The van der Waals surface area contributed by atoms with Crippen molar-refractivity contribution in [2.75, 3.05) is 18.5 Å². The van der Waals surface area contributed by atoms with Gasteiger partial charge in [0.1, 0.15) is 10.4 Å². The number of aryl methyl sites for hydroxylation is 1. The molecule has 5 heteroatoms. The molecule has 1 aromatic heterocycles. The van der Waals surface area contributed by atoms with Crippen LogP contribution in [0.4, 0.5) is 5.82 Å². The Morgan fingerprint density at radius 1 is 1.69 bits per heavy atom. The Hall–Kier alpha value is 0.220. The van der Waals surface area contributed by atoms with Crippen molar-refractivity contribution in [3.05, 3.63) is 10.7 Å². The maximum atomic E-state index is 4.38. The predicted octanol–water partition coefficient (Wildman–Crippen LogP) is 2.29. The van der Waals surface area contributed by atoms with E-state index in [2.05, 4.69) is 66.3 Å². The van der Waals surface area contributed by atoms with Crippen LogP contribution in [0.2, 0.25) is 0 Å². The zero-order valence-electron chi connectivity index (χ0n) is 7.37. The predicted molar refractivity (Wildman–Crippen MR) is 65.6 cm³/mol. The summed E-state index contributed by atoms with van der Waals surface area (Å²) in [6, 6.07) is 2.08. The first-order valence-corrected chi connectivity index (χ1v) is 6.29. The lowest BCUT2D eigenvalue weighted by atomic mass is 10.3. The molecule has 0 fully saturated rings. The minimum atomic E-state index is 0.725. The van der Waals surface area contributed by atoms with Gasteiger partial charge in [0.2, 0.25) is 0 Å². The largest absolute Gasteiger partial charge is 0.359 e. The first-order valence-electron chi connectivity index (χ1n) is 4.25. The summed E-state index contributed by atoms with van der Waals surface area (Å²) in [6.45, 7) is 2.14. The lowest BCUT2D eigenvalue weighted by molar-refractivity contribution is 0.601. The lowest BCUT2D eigenvalue weighted by Gasteiger charge is -2.17. The highest BCUT2D eigenvalue weighted by Gasteiger charge is 2.18. The molecule has 2 heterocycles. The molecule has 0 bridgehead atoms. The average Bonchev–Trinajstić information content (AvgIpc) is 2.38. The monoisotopic (exact) mass is 355 g/mol. The van der Waals surface area contributed by atoms with Gasteiger partial charge in [-0.15, -0.1) is 0 Å². The van der Waals surface area contributed by atoms with E-state index in [9.17, 15) is 0 Å². The Kier molecular flexibility index (Phi) is 2.83. The van der Waals surface area contributed by atoms with E-state index in [1.807, 2.05) is 0 Å². The normalized spacial score (nSPS) is 22.7. The summed E-state index contributed by atoms with van der Waals surface area (Å²) in [4.78, 5) is 2.27. The molecule has 0 aromatic carbocycles. The van der Waals surface area contributed by atoms with Crippen LogP contribution >= 0.6 is 38.5 Å². The average molecular weight is 356 g/mol. The number of rotatable bonds is 0. The summed E-state index contributed by atoms with van der Waals surface area (Å²) in [5.41, 5.74) is 0. The topological polar surface area (TPSA) is 21.1 Å². The number of halogens is 2. The molecule has 0 radical (unpaired) electrons. The summed E-state index contributed by atoms with van der Waals surface area (Å²) >= 11 is 5.91. The third kappa shape index (κ3) is 2.01. The van der Waals surface area contributed by atoms with Crippen molar-refractivity contribution >= 4 is 44.3 Å². The first-order chi connectivity index (χ1) is 6.16. The molecule has 1 unspecified atom stereocenters. The lowest BCUT2D eigenvalue weighted by Crippen LogP contribution is -2.24. The van der Waals surface area contributed by atoms with E-state index < -0.39 is 0 Å². The van der Waals surface area contributed by atoms with Gasteiger partial charge in [0.05, 0.1) is 0 Å². The van der Waals surface area contributed by atoms with Gasteiger partial charge in [-0.1, -0.05) is 22.6 Å². The Bertz CT molecular complexity index is 312. The van der Waals surface area contributed by atoms with E-state index in [1.54, 1.807) is 0 Å². The summed E-state index contributed by atoms with van der Waals surface area (Å²) in [7, 11) is 2.12. The second kappa shape index (κ2) is 3.76. The van der Waals surface area contributed by atoms with Crippen LogP contribution in [0.5, 0.6) is 0 Å². The van der Waals surface area contributed by atoms with Gasteiger partial charge >= 0.3 is 0 Å². The van der Waals surface area contributed by atoms with Gasteiger partial charge in [-0.25, -0.2) is 4.68 Å². The number of hydrogen-bond acceptors (Lipinski definition) is 2. The number of hydrogen-bond donors (Lipinski definition) is 0. The minimum Gasteiger partial charge on any atom is -0.359 e. The molecule has 0 saturated carbocycles. The van der Waals surface area contributed by atoms with Gasteiger partial charge in [0.15, 0.2) is 0 Å². The molecule has 0 spiro atoms. The third-order valence-electron chi connectivity index (χ3n) is 2.25. The number of alkyl halides is 1. The van der Waals surface area contributed by atoms with Gasteiger partial charge in [0, 0.05) is 30.1 Å². The fourth-order valence-corrected chi connectivity index (χ4v) is 2.86. The molecule has 0 saturated heterocycles. The molecular weight excluding hydrogens is 345 g/mol. The number of nitrogens with zero attached hydrogens (tertiary/aromatic N) is 3. The summed E-state index contributed by atoms with van der Waals surface area (Å²) in [6.07, 6.45) is 1.20. The van der Waals surface area contributed by atoms with Crippen molar-refractivity contribution in [3.8, 4) is 0 Å². The Morgan fingerprint density at radius 2 is 2.46 bits per heavy atom. The number of anilines is 1. The van der Waals surface area contributed by atoms with E-state index in [4.69, 9.17) is 0 Å². The van der Waals surface area contributed by atoms with E-state index in [0.717, 1.165) is 21.6 Å². The standard InChI is InChI=1S/C8H11BrIN3/c1-12-5-6(10)2-3-13-8(12)4-7(9)11-13/h4,6H,2-3,5H2,1H3. The van der Waals surface area contributed by atoms with Gasteiger partial charge in [-0.2, -0.15) is 5.10 Å². The molecule has 3 nitrogen and oxygen atoms in total. The smallest absolute Gasteiger partial charge is 0.130 e. The summed E-state index contributed by atoms with van der Waals surface area (Å²) in [5.74, 6) is 1.21. The maximum absolute atomic E-state index is 4.38. The van der Waals surface area contributed by atoms with Crippen LogP contribution in [-0.4, -0.2) is 27.3 Å². The highest BCUT2D eigenvalue weighted by atomic mass is 127. The van der Waals surface area contributed by atoms with Crippen LogP contribution in [-0.2, 0) is 6.54 Å². The fourth-order valence-electron chi connectivity index (χ4n) is 1.59. The van der Waals surface area contributed by atoms with Crippen molar-refractivity contribution in [1.29, 1.82) is 0 Å². The second-order valence-corrected chi connectivity index (χ2v) is 5.89. The van der Waals surface area contributed by atoms with E-state index >= 15 is 0 Å². The molecule has 1 atom stereocenters. The molecule has 72 valence electrons. The molecule has 0 aliphatic carbocycles. The number of fused-ring (bicyclic) bond motifs is 1. The zero-order valence-corrected chi connectivity index (χ0v) is 11.1. The zero-order chi connectivity index (χ0) is 9.42. The van der Waals surface area contributed by atoms with Crippen molar-refractivity contribution in [2.45, 2.75) is 16.9 Å². The van der Waals surface area contributed by atoms with Crippen LogP contribution < -0.4 is 4.90 Å². The van der Waals surface area contributed by atoms with Gasteiger partial charge < -0.3 is 4.90 Å². The Labute approximate surface area is 99.7 Å². The SMILES string of the molecule is CN1CC(I)CCn2nc(Br)cc21. The van der Waals surface area contributed by atoms with Crippen molar-refractivity contribution in [2.24, 2.45) is 0 Å². The summed E-state index contributed by atoms with van der Waals surface area (Å²) in [5, 5.41) is 4.38. The van der Waals surface area contributed by atoms with Gasteiger partial charge in [-0.05, 0) is 22.4 Å². The van der Waals surface area contributed by atoms with E-state index in [1.165, 1.54) is 12.2 Å². The van der Waals surface area contributed by atoms with Crippen molar-refractivity contribution < 1.29 is 0 Å². The minimum absolute atomic E-state index is 0.725. The fraction of sp³-hybridized carbons (Fsp3) is 0.625. The molecule has 1 aliphatic rings. The van der Waals surface area contributed by atoms with E-state index in [0.29, 0.717) is 0 Å². The quantitative estimate of drug-likeness (QED) is 0.526. The molecule has 2 rings (SSSR count). The summed E-state index contributed by atoms with van der Waals surface area (Å²) < 4.78 is 3.73. The Morgan fingerprint density at radius 3 is 3.23 bits per heavy atom. The maximum Gasteiger partial charge on any atom is 0.130 e.